The van der Waals surface area contributed by atoms with Crippen molar-refractivity contribution < 1.29 is 14.3 Å². The van der Waals surface area contributed by atoms with Gasteiger partial charge in [0.25, 0.3) is 0 Å². The molecule has 0 radical (unpaired) electrons. The summed E-state index contributed by atoms with van der Waals surface area (Å²) in [7, 11) is 0. The van der Waals surface area contributed by atoms with Crippen molar-refractivity contribution in [2.24, 2.45) is 5.92 Å². The molecule has 0 amide bonds. The smallest absolute Gasteiger partial charge is 0.335 e. The van der Waals surface area contributed by atoms with Crippen LogP contribution in [0.5, 0.6) is 0 Å². The standard InChI is InChI=1S/C13H17FO2S/c1-3-9(2)7-17-8-10-4-11(13(15)16)6-12(14)5-10/h4-6,9H,3,7-8H2,1-2H3,(H,15,16). The van der Waals surface area contributed by atoms with Gasteiger partial charge in [-0.2, -0.15) is 11.8 Å². The number of hydrogen-bond acceptors (Lipinski definition) is 2. The quantitative estimate of drug-likeness (QED) is 0.841. The second kappa shape index (κ2) is 6.64. The number of halogens is 1. The Labute approximate surface area is 105 Å². The normalized spacial score (nSPS) is 12.4. The number of benzene rings is 1. The van der Waals surface area contributed by atoms with E-state index < -0.39 is 11.8 Å². The van der Waals surface area contributed by atoms with Gasteiger partial charge in [-0.25, -0.2) is 9.18 Å². The number of carboxylic acids is 1. The molecule has 1 rings (SSSR count). The average molecular weight is 256 g/mol. The summed E-state index contributed by atoms with van der Waals surface area (Å²) in [4.78, 5) is 10.8. The van der Waals surface area contributed by atoms with E-state index in [9.17, 15) is 9.18 Å². The molecule has 94 valence electrons. The highest BCUT2D eigenvalue weighted by Crippen LogP contribution is 2.19. The number of aromatic carboxylic acids is 1. The van der Waals surface area contributed by atoms with Crippen molar-refractivity contribution in [2.75, 3.05) is 5.75 Å². The number of thioether (sulfide) groups is 1. The van der Waals surface area contributed by atoms with Crippen LogP contribution in [0.2, 0.25) is 0 Å². The maximum Gasteiger partial charge on any atom is 0.335 e. The monoisotopic (exact) mass is 256 g/mol. The van der Waals surface area contributed by atoms with Crippen LogP contribution in [0, 0.1) is 11.7 Å². The first-order valence-corrected chi connectivity index (χ1v) is 6.79. The SMILES string of the molecule is CCC(C)CSCc1cc(F)cc(C(=O)O)c1. The lowest BCUT2D eigenvalue weighted by Crippen LogP contribution is -2.00. The van der Waals surface area contributed by atoms with E-state index in [4.69, 9.17) is 5.11 Å². The minimum Gasteiger partial charge on any atom is -0.478 e. The van der Waals surface area contributed by atoms with E-state index in [2.05, 4.69) is 13.8 Å². The van der Waals surface area contributed by atoms with Crippen molar-refractivity contribution >= 4 is 17.7 Å². The van der Waals surface area contributed by atoms with Gasteiger partial charge in [0.15, 0.2) is 0 Å². The van der Waals surface area contributed by atoms with Gasteiger partial charge >= 0.3 is 5.97 Å². The summed E-state index contributed by atoms with van der Waals surface area (Å²) in [5, 5.41) is 8.81. The number of hydrogen-bond donors (Lipinski definition) is 1. The Bertz CT molecular complexity index is 393. The molecule has 0 spiro atoms. The fraction of sp³-hybridized carbons (Fsp3) is 0.462. The fourth-order valence-corrected chi connectivity index (χ4v) is 2.51. The van der Waals surface area contributed by atoms with Gasteiger partial charge in [-0.05, 0) is 35.4 Å². The Morgan fingerprint density at radius 3 is 2.76 bits per heavy atom. The summed E-state index contributed by atoms with van der Waals surface area (Å²) < 4.78 is 13.2. The molecule has 1 aromatic rings. The van der Waals surface area contributed by atoms with Crippen molar-refractivity contribution in [3.05, 3.63) is 35.1 Å². The topological polar surface area (TPSA) is 37.3 Å². The van der Waals surface area contributed by atoms with E-state index in [-0.39, 0.29) is 5.56 Å². The van der Waals surface area contributed by atoms with Crippen LogP contribution in [0.1, 0.15) is 36.2 Å². The van der Waals surface area contributed by atoms with Gasteiger partial charge in [-0.1, -0.05) is 20.3 Å². The minimum atomic E-state index is -1.09. The van der Waals surface area contributed by atoms with Crippen molar-refractivity contribution in [1.82, 2.24) is 0 Å². The van der Waals surface area contributed by atoms with Crippen molar-refractivity contribution in [3.8, 4) is 0 Å². The molecule has 1 N–H and O–H groups in total. The van der Waals surface area contributed by atoms with Crippen LogP contribution < -0.4 is 0 Å². The molecule has 0 saturated carbocycles. The van der Waals surface area contributed by atoms with E-state index in [1.54, 1.807) is 11.8 Å². The van der Waals surface area contributed by atoms with Crippen LogP contribution in [0.3, 0.4) is 0 Å². The molecular weight excluding hydrogens is 239 g/mol. The molecule has 0 saturated heterocycles. The molecule has 0 aromatic heterocycles. The molecule has 4 heteroatoms. The molecule has 0 aliphatic rings. The van der Waals surface area contributed by atoms with Gasteiger partial charge < -0.3 is 5.11 Å². The van der Waals surface area contributed by atoms with Gasteiger partial charge in [-0.15, -0.1) is 0 Å². The predicted octanol–water partition coefficient (Wildman–Crippen LogP) is 3.80. The predicted molar refractivity (Wildman–Crippen MR) is 69.0 cm³/mol. The zero-order valence-corrected chi connectivity index (χ0v) is 10.9. The highest BCUT2D eigenvalue weighted by Gasteiger charge is 2.07. The summed E-state index contributed by atoms with van der Waals surface area (Å²) >= 11 is 1.71. The molecule has 1 atom stereocenters. The number of rotatable bonds is 6. The summed E-state index contributed by atoms with van der Waals surface area (Å²) in [6.07, 6.45) is 1.12. The van der Waals surface area contributed by atoms with Crippen molar-refractivity contribution in [3.63, 3.8) is 0 Å². The third kappa shape index (κ3) is 4.77. The Morgan fingerprint density at radius 2 is 2.18 bits per heavy atom. The summed E-state index contributed by atoms with van der Waals surface area (Å²) in [6, 6.07) is 3.98. The zero-order valence-electron chi connectivity index (χ0n) is 10.1. The van der Waals surface area contributed by atoms with Crippen LogP contribution >= 0.6 is 11.8 Å². The average Bonchev–Trinajstić information content (AvgIpc) is 2.28. The first-order chi connectivity index (χ1) is 8.02. The van der Waals surface area contributed by atoms with E-state index >= 15 is 0 Å². The fourth-order valence-electron chi connectivity index (χ4n) is 1.35. The maximum atomic E-state index is 13.2. The van der Waals surface area contributed by atoms with Crippen LogP contribution in [0.4, 0.5) is 4.39 Å². The van der Waals surface area contributed by atoms with Gasteiger partial charge in [0.1, 0.15) is 5.82 Å². The molecule has 0 fully saturated rings. The van der Waals surface area contributed by atoms with Crippen LogP contribution in [0.25, 0.3) is 0 Å². The zero-order chi connectivity index (χ0) is 12.8. The van der Waals surface area contributed by atoms with E-state index in [1.807, 2.05) is 0 Å². The highest BCUT2D eigenvalue weighted by molar-refractivity contribution is 7.98. The minimum absolute atomic E-state index is 0.0177. The first kappa shape index (κ1) is 14.0. The Kier molecular flexibility index (Phi) is 5.48. The number of carbonyl (C=O) groups is 1. The third-order valence-electron chi connectivity index (χ3n) is 2.57. The lowest BCUT2D eigenvalue weighted by atomic mass is 10.1. The van der Waals surface area contributed by atoms with Crippen molar-refractivity contribution in [2.45, 2.75) is 26.0 Å². The Balaban J connectivity index is 2.62. The molecule has 1 unspecified atom stereocenters. The van der Waals surface area contributed by atoms with Crippen LogP contribution in [-0.4, -0.2) is 16.8 Å². The lowest BCUT2D eigenvalue weighted by Gasteiger charge is -2.08. The van der Waals surface area contributed by atoms with E-state index in [0.29, 0.717) is 11.7 Å². The first-order valence-electron chi connectivity index (χ1n) is 5.63. The molecule has 17 heavy (non-hydrogen) atoms. The van der Waals surface area contributed by atoms with Gasteiger partial charge in [0.2, 0.25) is 0 Å². The Hall–Kier alpha value is -1.03. The van der Waals surface area contributed by atoms with E-state index in [1.165, 1.54) is 12.1 Å². The van der Waals surface area contributed by atoms with Gasteiger partial charge in [0.05, 0.1) is 5.56 Å². The van der Waals surface area contributed by atoms with Crippen molar-refractivity contribution in [1.29, 1.82) is 0 Å². The molecule has 0 aliphatic heterocycles. The molecule has 0 heterocycles. The highest BCUT2D eigenvalue weighted by atomic mass is 32.2. The van der Waals surface area contributed by atoms with E-state index in [0.717, 1.165) is 23.8 Å². The van der Waals surface area contributed by atoms with Gasteiger partial charge in [-0.3, -0.25) is 0 Å². The van der Waals surface area contributed by atoms with Gasteiger partial charge in [0, 0.05) is 5.75 Å². The largest absolute Gasteiger partial charge is 0.478 e. The second-order valence-corrected chi connectivity index (χ2v) is 5.21. The van der Waals surface area contributed by atoms with Crippen LogP contribution in [-0.2, 0) is 5.75 Å². The molecular formula is C13H17FO2S. The molecule has 2 nitrogen and oxygen atoms in total. The number of carboxylic acid groups (broad SMARTS) is 1. The summed E-state index contributed by atoms with van der Waals surface area (Å²) in [5.74, 6) is 0.729. The van der Waals surface area contributed by atoms with Crippen LogP contribution in [0.15, 0.2) is 18.2 Å². The third-order valence-corrected chi connectivity index (χ3v) is 3.91. The molecule has 1 aromatic carbocycles. The second-order valence-electron chi connectivity index (χ2n) is 4.18. The summed E-state index contributed by atoms with van der Waals surface area (Å²) in [5.41, 5.74) is 0.750. The summed E-state index contributed by atoms with van der Waals surface area (Å²) in [6.45, 7) is 4.30. The Morgan fingerprint density at radius 1 is 1.47 bits per heavy atom. The maximum absolute atomic E-state index is 13.2. The lowest BCUT2D eigenvalue weighted by molar-refractivity contribution is 0.0696. The molecule has 0 bridgehead atoms. The molecule has 0 aliphatic carbocycles.